The molecule has 0 saturated heterocycles. The van der Waals surface area contributed by atoms with Crippen LogP contribution in [0.3, 0.4) is 0 Å². The summed E-state index contributed by atoms with van der Waals surface area (Å²) in [5.74, 6) is -1.37. The SMILES string of the molecule is Cc1c(Oc2ccc(F)c(-c3ncc(C(C)(CCC(=O)O)c4ccccc4)[nH]3)c2)c(F)cc2c1ccn2SI. The van der Waals surface area contributed by atoms with Gasteiger partial charge in [-0.15, -0.1) is 0 Å². The summed E-state index contributed by atoms with van der Waals surface area (Å²) in [7, 11) is 1.44. The van der Waals surface area contributed by atoms with E-state index in [-0.39, 0.29) is 29.3 Å². The minimum absolute atomic E-state index is 0.0490. The van der Waals surface area contributed by atoms with E-state index in [9.17, 15) is 9.90 Å². The number of H-pyrrole nitrogens is 1. The van der Waals surface area contributed by atoms with E-state index in [1.54, 1.807) is 13.1 Å². The number of carboxylic acids is 1. The maximum absolute atomic E-state index is 15.1. The standard InChI is InChI=1S/C29H24F2IN3O3S/c1-17-20-11-13-35(39-32)24(20)15-23(31)27(17)38-19-8-9-22(30)21(14-19)28-33-16-25(34-28)29(2,12-10-26(36)37)18-6-4-3-5-7-18/h3-9,11,13-16H,10,12H2,1-2H3,(H,33,34)(H,36,37). The number of ether oxygens (including phenoxy) is 1. The molecule has 3 aromatic carbocycles. The molecule has 0 amide bonds. The highest BCUT2D eigenvalue weighted by atomic mass is 127. The Balaban J connectivity index is 1.50. The van der Waals surface area contributed by atoms with Crippen LogP contribution in [0.5, 0.6) is 11.5 Å². The lowest BCUT2D eigenvalue weighted by atomic mass is 9.76. The third-order valence-electron chi connectivity index (χ3n) is 7.02. The number of benzene rings is 3. The molecule has 2 N–H and O–H groups in total. The normalized spacial score (nSPS) is 12.9. The third kappa shape index (κ3) is 5.27. The van der Waals surface area contributed by atoms with Crippen molar-refractivity contribution in [3.8, 4) is 22.9 Å². The molecule has 2 heterocycles. The van der Waals surface area contributed by atoms with E-state index in [2.05, 4.69) is 31.2 Å². The lowest BCUT2D eigenvalue weighted by Crippen LogP contribution is -2.25. The Morgan fingerprint density at radius 1 is 1.15 bits per heavy atom. The lowest BCUT2D eigenvalue weighted by molar-refractivity contribution is -0.137. The molecule has 5 rings (SSSR count). The molecule has 200 valence electrons. The predicted molar refractivity (Wildman–Crippen MR) is 157 cm³/mol. The molecule has 2 aromatic heterocycles. The highest BCUT2D eigenvalue weighted by Crippen LogP contribution is 2.39. The summed E-state index contributed by atoms with van der Waals surface area (Å²) >= 11 is 2.13. The third-order valence-corrected chi connectivity index (χ3v) is 8.76. The second-order valence-electron chi connectivity index (χ2n) is 9.44. The van der Waals surface area contributed by atoms with Crippen molar-refractivity contribution in [2.45, 2.75) is 32.1 Å². The monoisotopic (exact) mass is 659 g/mol. The van der Waals surface area contributed by atoms with Crippen LogP contribution < -0.4 is 4.74 Å². The predicted octanol–water partition coefficient (Wildman–Crippen LogP) is 8.43. The Labute approximate surface area is 240 Å². The number of fused-ring (bicyclic) bond motifs is 1. The smallest absolute Gasteiger partial charge is 0.303 e. The van der Waals surface area contributed by atoms with E-state index in [1.807, 2.05) is 53.5 Å². The van der Waals surface area contributed by atoms with Gasteiger partial charge in [-0.25, -0.2) is 13.8 Å². The second kappa shape index (κ2) is 11.0. The first-order valence-corrected chi connectivity index (χ1v) is 15.4. The van der Waals surface area contributed by atoms with Crippen LogP contribution in [0.25, 0.3) is 22.3 Å². The van der Waals surface area contributed by atoms with Crippen molar-refractivity contribution in [1.29, 1.82) is 0 Å². The maximum Gasteiger partial charge on any atom is 0.303 e. The van der Waals surface area contributed by atoms with E-state index in [0.29, 0.717) is 17.7 Å². The van der Waals surface area contributed by atoms with Crippen molar-refractivity contribution in [1.82, 2.24) is 13.9 Å². The van der Waals surface area contributed by atoms with Gasteiger partial charge in [-0.3, -0.25) is 8.77 Å². The number of nitrogens with one attached hydrogen (secondary N) is 1. The zero-order valence-corrected chi connectivity index (χ0v) is 24.0. The van der Waals surface area contributed by atoms with E-state index >= 15 is 8.78 Å². The molecular formula is C29H24F2IN3O3S. The van der Waals surface area contributed by atoms with Gasteiger partial charge in [0.1, 0.15) is 17.4 Å². The summed E-state index contributed by atoms with van der Waals surface area (Å²) in [4.78, 5) is 19.0. The molecule has 5 aromatic rings. The number of carboxylic acid groups (broad SMARTS) is 1. The van der Waals surface area contributed by atoms with Gasteiger partial charge < -0.3 is 14.8 Å². The number of aromatic nitrogens is 3. The van der Waals surface area contributed by atoms with Gasteiger partial charge in [-0.05, 0) is 50.1 Å². The van der Waals surface area contributed by atoms with Gasteiger partial charge >= 0.3 is 5.97 Å². The van der Waals surface area contributed by atoms with Crippen molar-refractivity contribution in [3.63, 3.8) is 0 Å². The minimum Gasteiger partial charge on any atom is -0.481 e. The highest BCUT2D eigenvalue weighted by Gasteiger charge is 2.32. The van der Waals surface area contributed by atoms with Crippen LogP contribution in [0.15, 0.2) is 73.1 Å². The van der Waals surface area contributed by atoms with Crippen LogP contribution in [0.4, 0.5) is 8.78 Å². The molecule has 0 radical (unpaired) electrons. The number of hydrogen-bond acceptors (Lipinski definition) is 4. The van der Waals surface area contributed by atoms with Gasteiger partial charge in [-0.1, -0.05) is 30.3 Å². The summed E-state index contributed by atoms with van der Waals surface area (Å²) in [5.41, 5.74) is 2.40. The molecule has 1 unspecified atom stereocenters. The minimum atomic E-state index is -0.905. The molecule has 0 aliphatic carbocycles. The van der Waals surface area contributed by atoms with Crippen molar-refractivity contribution >= 4 is 47.2 Å². The Hall–Kier alpha value is -3.38. The fourth-order valence-corrected chi connectivity index (χ4v) is 6.12. The van der Waals surface area contributed by atoms with Crippen LogP contribution in [0, 0.1) is 18.6 Å². The van der Waals surface area contributed by atoms with Crippen molar-refractivity contribution in [2.75, 3.05) is 0 Å². The number of aryl methyl sites for hydroxylation is 1. The Kier molecular flexibility index (Phi) is 7.68. The van der Waals surface area contributed by atoms with Gasteiger partial charge in [0.05, 0.1) is 11.1 Å². The summed E-state index contributed by atoms with van der Waals surface area (Å²) in [6, 6.07) is 17.0. The summed E-state index contributed by atoms with van der Waals surface area (Å²) in [6.07, 6.45) is 3.73. The molecule has 1 atom stereocenters. The topological polar surface area (TPSA) is 80.1 Å². The molecule has 39 heavy (non-hydrogen) atoms. The van der Waals surface area contributed by atoms with Crippen molar-refractivity contribution in [3.05, 3.63) is 102 Å². The highest BCUT2D eigenvalue weighted by molar-refractivity contribution is 14.2. The van der Waals surface area contributed by atoms with Gasteiger partial charge in [0.15, 0.2) is 11.6 Å². The molecular weight excluding hydrogens is 635 g/mol. The number of rotatable bonds is 9. The summed E-state index contributed by atoms with van der Waals surface area (Å²) < 4.78 is 37.9. The summed E-state index contributed by atoms with van der Waals surface area (Å²) in [6.45, 7) is 3.72. The molecule has 0 saturated carbocycles. The van der Waals surface area contributed by atoms with Gasteiger partial charge in [-0.2, -0.15) is 0 Å². The Bertz CT molecular complexity index is 1670. The fourth-order valence-electron chi connectivity index (χ4n) is 4.76. The first kappa shape index (κ1) is 27.2. The molecule has 0 spiro atoms. The van der Waals surface area contributed by atoms with E-state index in [4.69, 9.17) is 4.74 Å². The van der Waals surface area contributed by atoms with Crippen LogP contribution in [-0.4, -0.2) is 25.0 Å². The number of hydrogen-bond donors (Lipinski definition) is 2. The van der Waals surface area contributed by atoms with Crippen LogP contribution in [0.1, 0.15) is 36.6 Å². The zero-order valence-electron chi connectivity index (χ0n) is 21.0. The molecule has 0 aliphatic rings. The van der Waals surface area contributed by atoms with Crippen molar-refractivity contribution in [2.24, 2.45) is 0 Å². The number of halogens is 3. The number of imidazole rings is 1. The molecule has 0 fully saturated rings. The van der Waals surface area contributed by atoms with Gasteiger partial charge in [0.25, 0.3) is 0 Å². The van der Waals surface area contributed by atoms with Crippen LogP contribution >= 0.6 is 30.3 Å². The zero-order chi connectivity index (χ0) is 27.7. The summed E-state index contributed by atoms with van der Waals surface area (Å²) in [5, 5.41) is 10.2. The first-order chi connectivity index (χ1) is 18.7. The average Bonchev–Trinajstić information content (AvgIpc) is 3.59. The van der Waals surface area contributed by atoms with E-state index in [1.165, 1.54) is 33.4 Å². The molecule has 0 bridgehead atoms. The number of aromatic amines is 1. The molecule has 10 heteroatoms. The van der Waals surface area contributed by atoms with E-state index < -0.39 is 23.0 Å². The number of carbonyl (C=O) groups is 1. The van der Waals surface area contributed by atoms with Crippen LogP contribution in [-0.2, 0) is 10.2 Å². The second-order valence-corrected chi connectivity index (χ2v) is 11.2. The molecule has 0 aliphatic heterocycles. The van der Waals surface area contributed by atoms with Crippen LogP contribution in [0.2, 0.25) is 0 Å². The lowest BCUT2D eigenvalue weighted by Gasteiger charge is -2.28. The van der Waals surface area contributed by atoms with Gasteiger partial charge in [0, 0.05) is 77.3 Å². The largest absolute Gasteiger partial charge is 0.481 e. The Morgan fingerprint density at radius 3 is 2.64 bits per heavy atom. The van der Waals surface area contributed by atoms with Gasteiger partial charge in [0.2, 0.25) is 0 Å². The number of aliphatic carboxylic acids is 1. The molecule has 6 nitrogen and oxygen atoms in total. The Morgan fingerprint density at radius 2 is 1.92 bits per heavy atom. The quantitative estimate of drug-likeness (QED) is 0.155. The fraction of sp³-hybridized carbons (Fsp3) is 0.172. The maximum atomic E-state index is 15.1. The average molecular weight is 659 g/mol. The number of nitrogens with zero attached hydrogens (tertiary/aromatic N) is 2. The van der Waals surface area contributed by atoms with E-state index in [0.717, 1.165) is 16.5 Å². The first-order valence-electron chi connectivity index (χ1n) is 12.1. The van der Waals surface area contributed by atoms with Crippen molar-refractivity contribution < 1.29 is 23.4 Å².